The Labute approximate surface area is 220 Å². The van der Waals surface area contributed by atoms with E-state index in [0.29, 0.717) is 31.3 Å². The molecule has 8 heteroatoms. The van der Waals surface area contributed by atoms with E-state index in [1.54, 1.807) is 26.0 Å². The molecule has 3 rings (SSSR count). The van der Waals surface area contributed by atoms with Gasteiger partial charge in [0.15, 0.2) is 0 Å². The van der Waals surface area contributed by atoms with E-state index >= 15 is 0 Å². The second kappa shape index (κ2) is 11.1. The van der Waals surface area contributed by atoms with Gasteiger partial charge in [0.25, 0.3) is 0 Å². The maximum Gasteiger partial charge on any atom is 0.333 e. The highest BCUT2D eigenvalue weighted by Crippen LogP contribution is 2.68. The zero-order chi connectivity index (χ0) is 27.7. The minimum atomic E-state index is -1.11. The molecule has 8 nitrogen and oxygen atoms in total. The van der Waals surface area contributed by atoms with Crippen LogP contribution >= 0.6 is 0 Å². The van der Waals surface area contributed by atoms with Crippen molar-refractivity contribution in [2.45, 2.75) is 98.9 Å². The van der Waals surface area contributed by atoms with Crippen molar-refractivity contribution in [3.05, 3.63) is 36.0 Å². The summed E-state index contributed by atoms with van der Waals surface area (Å²) >= 11 is 0. The Kier molecular flexibility index (Phi) is 8.75. The first-order valence-corrected chi connectivity index (χ1v) is 13.1. The highest BCUT2D eigenvalue weighted by Gasteiger charge is 2.73. The Morgan fingerprint density at radius 3 is 2.27 bits per heavy atom. The zero-order valence-corrected chi connectivity index (χ0v) is 23.1. The smallest absolute Gasteiger partial charge is 0.333 e. The van der Waals surface area contributed by atoms with Crippen LogP contribution in [0, 0.1) is 28.6 Å². The third-order valence-corrected chi connectivity index (χ3v) is 9.10. The van der Waals surface area contributed by atoms with Crippen LogP contribution in [0.15, 0.2) is 36.0 Å². The molecule has 9 atom stereocenters. The predicted octanol–water partition coefficient (Wildman–Crippen LogP) is 4.62. The summed E-state index contributed by atoms with van der Waals surface area (Å²) < 4.78 is 23.4. The van der Waals surface area contributed by atoms with Gasteiger partial charge in [-0.2, -0.15) is 0 Å². The summed E-state index contributed by atoms with van der Waals surface area (Å²) in [4.78, 5) is 37.0. The summed E-state index contributed by atoms with van der Waals surface area (Å²) in [6, 6.07) is 0. The minimum Gasteiger partial charge on any atom is -0.459 e. The molecule has 0 aromatic rings. The lowest BCUT2D eigenvalue weighted by Crippen LogP contribution is -2.66. The number of carbonyl (C=O) groups is 3. The summed E-state index contributed by atoms with van der Waals surface area (Å²) in [6.45, 7) is 16.2. The Balaban J connectivity index is 2.18. The summed E-state index contributed by atoms with van der Waals surface area (Å²) in [5.41, 5.74) is 0.111. The average Bonchev–Trinajstić information content (AvgIpc) is 3.12. The van der Waals surface area contributed by atoms with Crippen LogP contribution in [0.25, 0.3) is 0 Å². The van der Waals surface area contributed by atoms with Crippen LogP contribution in [-0.4, -0.2) is 47.8 Å². The monoisotopic (exact) mass is 518 g/mol. The summed E-state index contributed by atoms with van der Waals surface area (Å²) in [7, 11) is 0. The van der Waals surface area contributed by atoms with Gasteiger partial charge in [-0.25, -0.2) is 4.79 Å². The molecule has 2 aliphatic carbocycles. The SMILES string of the molecule is C=C/C(C)=C/C[C@]1(C)[C@@H](C)C[C@H](O)[C@]23[C@H](OC(C)=O)O[C@H](OC(C)=O)[C@H]2C[C@@H](OC(=O)/C(C)=C/C)C[C@@H]13. The summed E-state index contributed by atoms with van der Waals surface area (Å²) in [6.07, 6.45) is 3.99. The van der Waals surface area contributed by atoms with E-state index in [0.717, 1.165) is 5.57 Å². The molecule has 1 aliphatic heterocycles. The molecule has 1 spiro atoms. The number of carbonyl (C=O) groups excluding carboxylic acids is 3. The zero-order valence-electron chi connectivity index (χ0n) is 23.1. The number of hydrogen-bond acceptors (Lipinski definition) is 8. The molecule has 3 fully saturated rings. The number of allylic oxidation sites excluding steroid dienone is 4. The van der Waals surface area contributed by atoms with Gasteiger partial charge in [-0.3, -0.25) is 9.59 Å². The number of rotatable bonds is 7. The molecular formula is C29H42O8. The van der Waals surface area contributed by atoms with E-state index < -0.39 is 54.0 Å². The summed E-state index contributed by atoms with van der Waals surface area (Å²) in [5, 5.41) is 11.8. The Bertz CT molecular complexity index is 982. The molecule has 3 aliphatic rings. The van der Waals surface area contributed by atoms with Gasteiger partial charge in [0.1, 0.15) is 6.10 Å². The van der Waals surface area contributed by atoms with Crippen LogP contribution in [0.2, 0.25) is 0 Å². The number of ether oxygens (including phenoxy) is 4. The number of hydrogen-bond donors (Lipinski definition) is 1. The largest absolute Gasteiger partial charge is 0.459 e. The lowest BCUT2D eigenvalue weighted by molar-refractivity contribution is -0.263. The van der Waals surface area contributed by atoms with Crippen molar-refractivity contribution in [2.24, 2.45) is 28.6 Å². The van der Waals surface area contributed by atoms with Crippen LogP contribution < -0.4 is 0 Å². The molecule has 37 heavy (non-hydrogen) atoms. The van der Waals surface area contributed by atoms with E-state index in [-0.39, 0.29) is 17.3 Å². The topological polar surface area (TPSA) is 108 Å². The van der Waals surface area contributed by atoms with Crippen molar-refractivity contribution in [3.63, 3.8) is 0 Å². The molecular weight excluding hydrogens is 476 g/mol. The fourth-order valence-corrected chi connectivity index (χ4v) is 6.78. The van der Waals surface area contributed by atoms with Gasteiger partial charge < -0.3 is 24.1 Å². The second-order valence-corrected chi connectivity index (χ2v) is 11.2. The maximum atomic E-state index is 12.8. The predicted molar refractivity (Wildman–Crippen MR) is 137 cm³/mol. The normalized spacial score (nSPS) is 39.7. The van der Waals surface area contributed by atoms with Crippen molar-refractivity contribution in [3.8, 4) is 0 Å². The highest BCUT2D eigenvalue weighted by atomic mass is 16.8. The lowest BCUT2D eigenvalue weighted by atomic mass is 9.43. The van der Waals surface area contributed by atoms with Crippen LogP contribution in [0.5, 0.6) is 0 Å². The Hall–Kier alpha value is -2.45. The maximum absolute atomic E-state index is 12.8. The first-order chi connectivity index (χ1) is 17.3. The molecule has 1 saturated heterocycles. The first kappa shape index (κ1) is 29.1. The Morgan fingerprint density at radius 1 is 1.05 bits per heavy atom. The Morgan fingerprint density at radius 2 is 1.70 bits per heavy atom. The van der Waals surface area contributed by atoms with Gasteiger partial charge in [-0.05, 0) is 63.7 Å². The first-order valence-electron chi connectivity index (χ1n) is 13.1. The number of aliphatic hydroxyl groups excluding tert-OH is 1. The molecule has 1 N–H and O–H groups in total. The van der Waals surface area contributed by atoms with Gasteiger partial charge in [-0.15, -0.1) is 0 Å². The summed E-state index contributed by atoms with van der Waals surface area (Å²) in [5.74, 6) is -2.24. The van der Waals surface area contributed by atoms with Crippen LogP contribution in [0.1, 0.15) is 74.1 Å². The quantitative estimate of drug-likeness (QED) is 0.225. The molecule has 0 bridgehead atoms. The molecule has 0 amide bonds. The molecule has 2 saturated carbocycles. The van der Waals surface area contributed by atoms with Gasteiger partial charge in [0.05, 0.1) is 11.5 Å². The van der Waals surface area contributed by atoms with Crippen molar-refractivity contribution in [2.75, 3.05) is 0 Å². The van der Waals surface area contributed by atoms with Crippen molar-refractivity contribution in [1.29, 1.82) is 0 Å². The molecule has 0 aromatic heterocycles. The van der Waals surface area contributed by atoms with Crippen LogP contribution in [-0.2, 0) is 33.3 Å². The third kappa shape index (κ3) is 5.28. The van der Waals surface area contributed by atoms with Crippen molar-refractivity contribution >= 4 is 17.9 Å². The molecule has 0 unspecified atom stereocenters. The third-order valence-electron chi connectivity index (χ3n) is 9.10. The van der Waals surface area contributed by atoms with Gasteiger partial charge >= 0.3 is 17.9 Å². The molecule has 0 radical (unpaired) electrons. The van der Waals surface area contributed by atoms with Crippen LogP contribution in [0.3, 0.4) is 0 Å². The van der Waals surface area contributed by atoms with E-state index in [2.05, 4.69) is 26.5 Å². The van der Waals surface area contributed by atoms with Gasteiger partial charge in [0, 0.05) is 25.3 Å². The van der Waals surface area contributed by atoms with Crippen LogP contribution in [0.4, 0.5) is 0 Å². The van der Waals surface area contributed by atoms with Crippen molar-refractivity contribution < 1.29 is 38.4 Å². The minimum absolute atomic E-state index is 0.0881. The van der Waals surface area contributed by atoms with E-state index in [1.807, 2.05) is 6.92 Å². The van der Waals surface area contributed by atoms with Crippen molar-refractivity contribution in [1.82, 2.24) is 0 Å². The molecule has 0 aromatic carbocycles. The standard InChI is InChI=1S/C29H42O8/c1-9-16(3)11-12-28(8)18(5)13-24(32)29-22(26(34-19(6)30)37-27(29)35-20(7)31)14-21(15-23(28)29)36-25(33)17(4)10-2/h9-11,18,21-24,26-27,32H,1,12-15H2,2-8H3/b16-11+,17-10+/t18-,21+,22+,23-,24-,26-,27+,28+,29-/m0/s1. The lowest BCUT2D eigenvalue weighted by Gasteiger charge is -2.62. The van der Waals surface area contributed by atoms with E-state index in [9.17, 15) is 19.5 Å². The molecule has 1 heterocycles. The van der Waals surface area contributed by atoms with E-state index in [1.165, 1.54) is 13.8 Å². The van der Waals surface area contributed by atoms with E-state index in [4.69, 9.17) is 18.9 Å². The average molecular weight is 519 g/mol. The fraction of sp³-hybridized carbons (Fsp3) is 0.690. The molecule has 206 valence electrons. The number of esters is 3. The number of aliphatic hydroxyl groups is 1. The fourth-order valence-electron chi connectivity index (χ4n) is 6.78. The van der Waals surface area contributed by atoms with Gasteiger partial charge in [0.2, 0.25) is 12.6 Å². The highest BCUT2D eigenvalue weighted by molar-refractivity contribution is 5.87. The second-order valence-electron chi connectivity index (χ2n) is 11.2. The van der Waals surface area contributed by atoms with Gasteiger partial charge in [-0.1, -0.05) is 44.2 Å².